The Kier molecular flexibility index (Phi) is 3.21. The monoisotopic (exact) mass is 292 g/mol. The lowest BCUT2D eigenvalue weighted by atomic mass is 9.92. The van der Waals surface area contributed by atoms with Crippen LogP contribution < -0.4 is 5.32 Å². The number of aromatic nitrogens is 1. The van der Waals surface area contributed by atoms with E-state index in [9.17, 15) is 0 Å². The van der Waals surface area contributed by atoms with E-state index in [1.165, 1.54) is 48.8 Å². The Labute approximate surface area is 110 Å². The molecule has 1 aliphatic rings. The van der Waals surface area contributed by atoms with Crippen molar-refractivity contribution in [3.8, 4) is 0 Å². The molecule has 17 heavy (non-hydrogen) atoms. The number of H-pyrrole nitrogens is 1. The van der Waals surface area contributed by atoms with Crippen molar-refractivity contribution in [2.75, 3.05) is 13.1 Å². The molecule has 1 unspecified atom stereocenters. The summed E-state index contributed by atoms with van der Waals surface area (Å²) < 4.78 is 1.16. The van der Waals surface area contributed by atoms with Crippen LogP contribution in [0.25, 0.3) is 10.9 Å². The molecule has 1 aliphatic heterocycles. The zero-order chi connectivity index (χ0) is 11.7. The van der Waals surface area contributed by atoms with Gasteiger partial charge < -0.3 is 10.3 Å². The molecule has 1 saturated heterocycles. The number of hydrogen-bond acceptors (Lipinski definition) is 1. The van der Waals surface area contributed by atoms with Gasteiger partial charge in [0, 0.05) is 21.6 Å². The number of aromatic amines is 1. The quantitative estimate of drug-likeness (QED) is 0.872. The molecule has 2 N–H and O–H groups in total. The zero-order valence-corrected chi connectivity index (χ0v) is 11.4. The number of hydrogen-bond donors (Lipinski definition) is 2. The van der Waals surface area contributed by atoms with Crippen LogP contribution in [0.2, 0.25) is 0 Å². The van der Waals surface area contributed by atoms with Crippen LogP contribution in [-0.4, -0.2) is 18.1 Å². The van der Waals surface area contributed by atoms with Crippen LogP contribution in [0.1, 0.15) is 18.4 Å². The number of piperidine rings is 1. The Morgan fingerprint density at radius 2 is 2.29 bits per heavy atom. The van der Waals surface area contributed by atoms with E-state index < -0.39 is 0 Å². The Hall–Kier alpha value is -0.800. The first kappa shape index (κ1) is 11.3. The summed E-state index contributed by atoms with van der Waals surface area (Å²) in [6.45, 7) is 2.37. The fourth-order valence-corrected chi connectivity index (χ4v) is 3.13. The smallest absolute Gasteiger partial charge is 0.0465 e. The lowest BCUT2D eigenvalue weighted by Crippen LogP contribution is -2.30. The van der Waals surface area contributed by atoms with Crippen LogP contribution in [0.4, 0.5) is 0 Å². The number of fused-ring (bicyclic) bond motifs is 1. The van der Waals surface area contributed by atoms with Gasteiger partial charge in [0.15, 0.2) is 0 Å². The van der Waals surface area contributed by atoms with Crippen LogP contribution in [0.15, 0.2) is 28.9 Å². The molecule has 1 aromatic carbocycles. The highest BCUT2D eigenvalue weighted by atomic mass is 79.9. The Balaban J connectivity index is 1.82. The van der Waals surface area contributed by atoms with Crippen LogP contribution in [0, 0.1) is 5.92 Å². The Morgan fingerprint density at radius 3 is 3.12 bits per heavy atom. The normalized spacial score (nSPS) is 20.9. The predicted molar refractivity (Wildman–Crippen MR) is 75.3 cm³/mol. The molecule has 3 heteroatoms. The summed E-state index contributed by atoms with van der Waals surface area (Å²) in [4.78, 5) is 3.26. The third kappa shape index (κ3) is 2.40. The Bertz CT molecular complexity index is 512. The molecular formula is C14H17BrN2. The lowest BCUT2D eigenvalue weighted by Gasteiger charge is -2.22. The van der Waals surface area contributed by atoms with E-state index in [4.69, 9.17) is 0 Å². The van der Waals surface area contributed by atoms with E-state index in [1.54, 1.807) is 0 Å². The van der Waals surface area contributed by atoms with Crippen LogP contribution in [-0.2, 0) is 6.42 Å². The summed E-state index contributed by atoms with van der Waals surface area (Å²) >= 11 is 3.58. The maximum Gasteiger partial charge on any atom is 0.0465 e. The van der Waals surface area contributed by atoms with Gasteiger partial charge in [0.1, 0.15) is 0 Å². The Morgan fingerprint density at radius 1 is 1.35 bits per heavy atom. The topological polar surface area (TPSA) is 27.8 Å². The minimum atomic E-state index is 0.805. The number of halogens is 1. The van der Waals surface area contributed by atoms with Crippen molar-refractivity contribution in [1.29, 1.82) is 0 Å². The van der Waals surface area contributed by atoms with Gasteiger partial charge in [0.05, 0.1) is 0 Å². The van der Waals surface area contributed by atoms with Gasteiger partial charge in [-0.15, -0.1) is 0 Å². The molecule has 0 bridgehead atoms. The van der Waals surface area contributed by atoms with Gasteiger partial charge in [0.25, 0.3) is 0 Å². The molecular weight excluding hydrogens is 276 g/mol. The summed E-state index contributed by atoms with van der Waals surface area (Å²) in [6.07, 6.45) is 5.89. The SMILES string of the molecule is Brc1c[nH]c2ccc(CC3CCCNC3)cc12. The highest BCUT2D eigenvalue weighted by Gasteiger charge is 2.13. The van der Waals surface area contributed by atoms with Crippen LogP contribution in [0.3, 0.4) is 0 Å². The maximum atomic E-state index is 3.58. The average molecular weight is 293 g/mol. The summed E-state index contributed by atoms with van der Waals surface area (Å²) in [5.41, 5.74) is 2.66. The van der Waals surface area contributed by atoms with Gasteiger partial charge >= 0.3 is 0 Å². The van der Waals surface area contributed by atoms with Crippen LogP contribution in [0.5, 0.6) is 0 Å². The van der Waals surface area contributed by atoms with Crippen LogP contribution >= 0.6 is 15.9 Å². The standard InChI is InChI=1S/C14H17BrN2/c15-13-9-17-14-4-3-10(7-12(13)14)6-11-2-1-5-16-8-11/h3-4,7,9,11,16-17H,1-2,5-6,8H2. The van der Waals surface area contributed by atoms with E-state index in [1.807, 2.05) is 6.20 Å². The van der Waals surface area contributed by atoms with Gasteiger partial charge in [-0.3, -0.25) is 0 Å². The van der Waals surface area contributed by atoms with Gasteiger partial charge in [0.2, 0.25) is 0 Å². The highest BCUT2D eigenvalue weighted by Crippen LogP contribution is 2.26. The van der Waals surface area contributed by atoms with E-state index in [0.29, 0.717) is 0 Å². The third-order valence-electron chi connectivity index (χ3n) is 3.62. The maximum absolute atomic E-state index is 3.58. The molecule has 2 nitrogen and oxygen atoms in total. The van der Waals surface area contributed by atoms with Crippen molar-refractivity contribution in [2.24, 2.45) is 5.92 Å². The van der Waals surface area contributed by atoms with Crippen molar-refractivity contribution in [3.63, 3.8) is 0 Å². The van der Waals surface area contributed by atoms with Gasteiger partial charge in [-0.05, 0) is 71.9 Å². The molecule has 2 heterocycles. The minimum Gasteiger partial charge on any atom is -0.360 e. The average Bonchev–Trinajstić information content (AvgIpc) is 2.73. The molecule has 0 radical (unpaired) electrons. The summed E-state index contributed by atoms with van der Waals surface area (Å²) in [6, 6.07) is 6.75. The summed E-state index contributed by atoms with van der Waals surface area (Å²) in [7, 11) is 0. The molecule has 3 rings (SSSR count). The first-order chi connectivity index (χ1) is 8.33. The second-order valence-corrected chi connectivity index (χ2v) is 5.79. The lowest BCUT2D eigenvalue weighted by molar-refractivity contribution is 0.376. The molecule has 2 aromatic rings. The van der Waals surface area contributed by atoms with E-state index >= 15 is 0 Å². The van der Waals surface area contributed by atoms with Gasteiger partial charge in [-0.25, -0.2) is 0 Å². The highest BCUT2D eigenvalue weighted by molar-refractivity contribution is 9.10. The number of benzene rings is 1. The summed E-state index contributed by atoms with van der Waals surface area (Å²) in [5.74, 6) is 0.805. The minimum absolute atomic E-state index is 0.805. The first-order valence-electron chi connectivity index (χ1n) is 6.29. The molecule has 1 aromatic heterocycles. The number of rotatable bonds is 2. The molecule has 0 amide bonds. The fraction of sp³-hybridized carbons (Fsp3) is 0.429. The van der Waals surface area contributed by atoms with Crippen molar-refractivity contribution >= 4 is 26.8 Å². The van der Waals surface area contributed by atoms with Crippen molar-refractivity contribution in [3.05, 3.63) is 34.4 Å². The van der Waals surface area contributed by atoms with Crippen molar-refractivity contribution < 1.29 is 0 Å². The largest absolute Gasteiger partial charge is 0.360 e. The van der Waals surface area contributed by atoms with E-state index in [2.05, 4.69) is 44.4 Å². The van der Waals surface area contributed by atoms with E-state index in [0.717, 1.165) is 10.4 Å². The number of nitrogens with one attached hydrogen (secondary N) is 2. The zero-order valence-electron chi connectivity index (χ0n) is 9.80. The molecule has 1 atom stereocenters. The van der Waals surface area contributed by atoms with Gasteiger partial charge in [-0.1, -0.05) is 6.07 Å². The van der Waals surface area contributed by atoms with Gasteiger partial charge in [-0.2, -0.15) is 0 Å². The predicted octanol–water partition coefficient (Wildman–Crippen LogP) is 3.47. The molecule has 90 valence electrons. The van der Waals surface area contributed by atoms with E-state index in [-0.39, 0.29) is 0 Å². The van der Waals surface area contributed by atoms with Crippen molar-refractivity contribution in [2.45, 2.75) is 19.3 Å². The fourth-order valence-electron chi connectivity index (χ4n) is 2.69. The summed E-state index contributed by atoms with van der Waals surface area (Å²) in [5, 5.41) is 4.78. The van der Waals surface area contributed by atoms with Crippen molar-refractivity contribution in [1.82, 2.24) is 10.3 Å². The first-order valence-corrected chi connectivity index (χ1v) is 7.08. The molecule has 0 aliphatic carbocycles. The molecule has 0 spiro atoms. The molecule has 1 fully saturated rings. The molecule has 0 saturated carbocycles. The second kappa shape index (κ2) is 4.83. The third-order valence-corrected chi connectivity index (χ3v) is 4.28. The second-order valence-electron chi connectivity index (χ2n) is 4.93.